The number of hydrogen-bond donors (Lipinski definition) is 1. The van der Waals surface area contributed by atoms with Crippen molar-refractivity contribution in [2.75, 3.05) is 0 Å². The van der Waals surface area contributed by atoms with Crippen molar-refractivity contribution >= 4 is 12.0 Å². The lowest BCUT2D eigenvalue weighted by atomic mass is 10.1. The molecule has 2 aromatic carbocycles. The van der Waals surface area contributed by atoms with Crippen LogP contribution in [0, 0.1) is 0 Å². The molecule has 22 heavy (non-hydrogen) atoms. The Morgan fingerprint density at radius 2 is 1.95 bits per heavy atom. The lowest BCUT2D eigenvalue weighted by Crippen LogP contribution is -2.30. The van der Waals surface area contributed by atoms with Crippen molar-refractivity contribution in [3.63, 3.8) is 0 Å². The average molecular weight is 295 g/mol. The van der Waals surface area contributed by atoms with Gasteiger partial charge >= 0.3 is 0 Å². The van der Waals surface area contributed by atoms with Gasteiger partial charge in [0.15, 0.2) is 0 Å². The van der Waals surface area contributed by atoms with E-state index >= 15 is 0 Å². The zero-order valence-corrected chi connectivity index (χ0v) is 13.0. The molecule has 1 amide bonds. The Kier molecular flexibility index (Phi) is 5.37. The summed E-state index contributed by atoms with van der Waals surface area (Å²) in [5.41, 5.74) is 2.51. The summed E-state index contributed by atoms with van der Waals surface area (Å²) < 4.78 is 5.86. The lowest BCUT2D eigenvalue weighted by Gasteiger charge is -2.14. The molecule has 2 rings (SSSR count). The second kappa shape index (κ2) is 7.46. The highest BCUT2D eigenvalue weighted by Gasteiger charge is 2.14. The van der Waals surface area contributed by atoms with Crippen molar-refractivity contribution in [2.45, 2.75) is 26.5 Å². The van der Waals surface area contributed by atoms with Crippen LogP contribution in [0.4, 0.5) is 0 Å². The van der Waals surface area contributed by atoms with E-state index in [1.54, 1.807) is 12.1 Å². The van der Waals surface area contributed by atoms with Gasteiger partial charge < -0.3 is 10.1 Å². The monoisotopic (exact) mass is 295 g/mol. The van der Waals surface area contributed by atoms with Gasteiger partial charge in [-0.15, -0.1) is 0 Å². The van der Waals surface area contributed by atoms with Crippen molar-refractivity contribution in [1.29, 1.82) is 0 Å². The summed E-state index contributed by atoms with van der Waals surface area (Å²) in [6, 6.07) is 15.4. The molecule has 0 aliphatic heterocycles. The minimum absolute atomic E-state index is 0.0774. The third-order valence-corrected chi connectivity index (χ3v) is 3.14. The first-order valence-electron chi connectivity index (χ1n) is 7.34. The molecule has 0 saturated heterocycles. The van der Waals surface area contributed by atoms with Gasteiger partial charge in [-0.05, 0) is 37.1 Å². The van der Waals surface area contributed by atoms with Gasteiger partial charge in [-0.3, -0.25) is 4.79 Å². The third kappa shape index (κ3) is 4.22. The molecule has 0 spiro atoms. The summed E-state index contributed by atoms with van der Waals surface area (Å²) in [6.45, 7) is 8.04. The van der Waals surface area contributed by atoms with Crippen molar-refractivity contribution < 1.29 is 9.53 Å². The van der Waals surface area contributed by atoms with E-state index in [0.717, 1.165) is 11.1 Å². The molecular formula is C19H21NO2. The zero-order chi connectivity index (χ0) is 15.9. The molecule has 0 heterocycles. The van der Waals surface area contributed by atoms with Crippen LogP contribution < -0.4 is 10.1 Å². The number of rotatable bonds is 6. The van der Waals surface area contributed by atoms with Gasteiger partial charge in [0.2, 0.25) is 0 Å². The number of carbonyl (C=O) groups is 1. The average Bonchev–Trinajstić information content (AvgIpc) is 2.53. The van der Waals surface area contributed by atoms with E-state index in [2.05, 4.69) is 11.9 Å². The standard InChI is InChI=1S/C19H21NO2/c1-4-15-10-11-17(19(21)20-14(2)3)18(12-15)22-13-16-8-6-5-7-9-16/h4-12,14H,1,13H2,2-3H3,(H,20,21). The number of nitrogens with one attached hydrogen (secondary N) is 1. The number of amides is 1. The number of carbonyl (C=O) groups excluding carboxylic acids is 1. The second-order valence-electron chi connectivity index (χ2n) is 5.36. The highest BCUT2D eigenvalue weighted by Crippen LogP contribution is 2.22. The van der Waals surface area contributed by atoms with Crippen LogP contribution in [-0.4, -0.2) is 11.9 Å². The minimum atomic E-state index is -0.131. The summed E-state index contributed by atoms with van der Waals surface area (Å²) in [6.07, 6.45) is 1.74. The first-order chi connectivity index (χ1) is 10.6. The van der Waals surface area contributed by atoms with E-state index in [0.29, 0.717) is 17.9 Å². The van der Waals surface area contributed by atoms with Gasteiger partial charge in [0.05, 0.1) is 5.56 Å². The lowest BCUT2D eigenvalue weighted by molar-refractivity contribution is 0.0938. The van der Waals surface area contributed by atoms with E-state index < -0.39 is 0 Å². The molecule has 0 bridgehead atoms. The second-order valence-corrected chi connectivity index (χ2v) is 5.36. The highest BCUT2D eigenvalue weighted by atomic mass is 16.5. The van der Waals surface area contributed by atoms with E-state index in [9.17, 15) is 4.79 Å². The van der Waals surface area contributed by atoms with Gasteiger partial charge in [0.25, 0.3) is 5.91 Å². The molecule has 0 aliphatic carbocycles. The summed E-state index contributed by atoms with van der Waals surface area (Å²) >= 11 is 0. The maximum Gasteiger partial charge on any atom is 0.255 e. The van der Waals surface area contributed by atoms with Crippen LogP contribution in [0.5, 0.6) is 5.75 Å². The Bertz CT molecular complexity index is 648. The fourth-order valence-electron chi connectivity index (χ4n) is 2.05. The van der Waals surface area contributed by atoms with E-state index in [4.69, 9.17) is 4.74 Å². The molecule has 0 fully saturated rings. The molecule has 0 radical (unpaired) electrons. The van der Waals surface area contributed by atoms with Crippen LogP contribution in [0.3, 0.4) is 0 Å². The zero-order valence-electron chi connectivity index (χ0n) is 13.0. The quantitative estimate of drug-likeness (QED) is 0.873. The maximum absolute atomic E-state index is 12.3. The Labute approximate surface area is 131 Å². The molecule has 114 valence electrons. The Hall–Kier alpha value is -2.55. The van der Waals surface area contributed by atoms with E-state index in [1.165, 1.54) is 0 Å². The van der Waals surface area contributed by atoms with Crippen LogP contribution >= 0.6 is 0 Å². The normalized spacial score (nSPS) is 10.3. The SMILES string of the molecule is C=Cc1ccc(C(=O)NC(C)C)c(OCc2ccccc2)c1. The smallest absolute Gasteiger partial charge is 0.255 e. The van der Waals surface area contributed by atoms with E-state index in [1.807, 2.05) is 56.3 Å². The third-order valence-electron chi connectivity index (χ3n) is 3.14. The van der Waals surface area contributed by atoms with Gasteiger partial charge in [0, 0.05) is 6.04 Å². The first-order valence-corrected chi connectivity index (χ1v) is 7.34. The van der Waals surface area contributed by atoms with E-state index in [-0.39, 0.29) is 11.9 Å². The van der Waals surface area contributed by atoms with Crippen molar-refractivity contribution in [3.05, 3.63) is 71.8 Å². The molecule has 1 N–H and O–H groups in total. The maximum atomic E-state index is 12.3. The number of benzene rings is 2. The molecule has 2 aromatic rings. The fourth-order valence-corrected chi connectivity index (χ4v) is 2.05. The molecule has 0 unspecified atom stereocenters. The van der Waals surface area contributed by atoms with Crippen LogP contribution in [0.15, 0.2) is 55.1 Å². The minimum Gasteiger partial charge on any atom is -0.488 e. The molecule has 0 aliphatic rings. The molecule has 0 aromatic heterocycles. The van der Waals surface area contributed by atoms with Crippen molar-refractivity contribution in [3.8, 4) is 5.75 Å². The van der Waals surface area contributed by atoms with Crippen molar-refractivity contribution in [2.24, 2.45) is 0 Å². The van der Waals surface area contributed by atoms with Gasteiger partial charge in [-0.25, -0.2) is 0 Å². The summed E-state index contributed by atoms with van der Waals surface area (Å²) in [5, 5.41) is 2.89. The molecule has 3 heteroatoms. The van der Waals surface area contributed by atoms with Gasteiger partial charge in [-0.1, -0.05) is 49.1 Å². The molecular weight excluding hydrogens is 274 g/mol. The Morgan fingerprint density at radius 3 is 2.59 bits per heavy atom. The molecule has 0 atom stereocenters. The number of hydrogen-bond acceptors (Lipinski definition) is 2. The summed E-state index contributed by atoms with van der Waals surface area (Å²) in [7, 11) is 0. The fraction of sp³-hybridized carbons (Fsp3) is 0.211. The summed E-state index contributed by atoms with van der Waals surface area (Å²) in [5.74, 6) is 0.438. The molecule has 0 saturated carbocycles. The summed E-state index contributed by atoms with van der Waals surface area (Å²) in [4.78, 5) is 12.3. The van der Waals surface area contributed by atoms with Gasteiger partial charge in [-0.2, -0.15) is 0 Å². The van der Waals surface area contributed by atoms with Crippen LogP contribution in [-0.2, 0) is 6.61 Å². The number of ether oxygens (including phenoxy) is 1. The topological polar surface area (TPSA) is 38.3 Å². The van der Waals surface area contributed by atoms with Crippen molar-refractivity contribution in [1.82, 2.24) is 5.32 Å². The predicted molar refractivity (Wildman–Crippen MR) is 89.9 cm³/mol. The Morgan fingerprint density at radius 1 is 1.23 bits per heavy atom. The first kappa shape index (κ1) is 15.8. The Balaban J connectivity index is 2.22. The van der Waals surface area contributed by atoms with Crippen LogP contribution in [0.25, 0.3) is 6.08 Å². The van der Waals surface area contributed by atoms with Gasteiger partial charge in [0.1, 0.15) is 12.4 Å². The molecule has 3 nitrogen and oxygen atoms in total. The largest absolute Gasteiger partial charge is 0.488 e. The van der Waals surface area contributed by atoms with Crippen LogP contribution in [0.2, 0.25) is 0 Å². The highest BCUT2D eigenvalue weighted by molar-refractivity contribution is 5.97. The predicted octanol–water partition coefficient (Wildman–Crippen LogP) is 4.05. The van der Waals surface area contributed by atoms with Crippen LogP contribution in [0.1, 0.15) is 35.3 Å².